The molecule has 1 fully saturated rings. The number of piperazine rings is 1. The standard InChI is InChI=1S/C18H31N3/c1-5-11-19-18(17-9-7-6-8-10-17)16(3)21-13-12-20(4)15(2)14-21/h6-10,15-16,18-19H,5,11-14H2,1-4H3. The minimum atomic E-state index is 0.418. The van der Waals surface area contributed by atoms with Crippen LogP contribution in [0.4, 0.5) is 0 Å². The lowest BCUT2D eigenvalue weighted by Gasteiger charge is -2.43. The van der Waals surface area contributed by atoms with Crippen molar-refractivity contribution in [1.29, 1.82) is 0 Å². The average molecular weight is 289 g/mol. The lowest BCUT2D eigenvalue weighted by molar-refractivity contribution is 0.0633. The Labute approximate surface area is 130 Å². The summed E-state index contributed by atoms with van der Waals surface area (Å²) in [6, 6.07) is 12.5. The second-order valence-electron chi connectivity index (χ2n) is 6.41. The van der Waals surface area contributed by atoms with Crippen molar-refractivity contribution < 1.29 is 0 Å². The first-order valence-electron chi connectivity index (χ1n) is 8.36. The normalized spacial score (nSPS) is 23.9. The first-order chi connectivity index (χ1) is 10.1. The van der Waals surface area contributed by atoms with Gasteiger partial charge < -0.3 is 10.2 Å². The van der Waals surface area contributed by atoms with Crippen molar-refractivity contribution in [2.45, 2.75) is 45.3 Å². The molecule has 0 radical (unpaired) electrons. The smallest absolute Gasteiger partial charge is 0.0475 e. The Bertz CT molecular complexity index is 406. The molecule has 1 aliphatic heterocycles. The molecule has 0 bridgehead atoms. The van der Waals surface area contributed by atoms with Gasteiger partial charge in [-0.3, -0.25) is 4.90 Å². The van der Waals surface area contributed by atoms with E-state index in [2.05, 4.69) is 73.3 Å². The van der Waals surface area contributed by atoms with E-state index in [0.29, 0.717) is 18.1 Å². The Balaban J connectivity index is 2.09. The Morgan fingerprint density at radius 1 is 1.24 bits per heavy atom. The minimum absolute atomic E-state index is 0.418. The summed E-state index contributed by atoms with van der Waals surface area (Å²) >= 11 is 0. The molecular weight excluding hydrogens is 258 g/mol. The van der Waals surface area contributed by atoms with Crippen LogP contribution < -0.4 is 5.32 Å². The second-order valence-corrected chi connectivity index (χ2v) is 6.41. The lowest BCUT2D eigenvalue weighted by atomic mass is 9.97. The van der Waals surface area contributed by atoms with Gasteiger partial charge in [-0.1, -0.05) is 37.3 Å². The van der Waals surface area contributed by atoms with Crippen molar-refractivity contribution in [2.75, 3.05) is 33.2 Å². The van der Waals surface area contributed by atoms with Gasteiger partial charge in [0, 0.05) is 37.8 Å². The van der Waals surface area contributed by atoms with Gasteiger partial charge in [-0.15, -0.1) is 0 Å². The highest BCUT2D eigenvalue weighted by Crippen LogP contribution is 2.23. The summed E-state index contributed by atoms with van der Waals surface area (Å²) in [6.07, 6.45) is 1.18. The maximum atomic E-state index is 3.75. The molecule has 0 aliphatic carbocycles. The summed E-state index contributed by atoms with van der Waals surface area (Å²) in [5.41, 5.74) is 1.41. The molecule has 3 unspecified atom stereocenters. The number of benzene rings is 1. The number of hydrogen-bond donors (Lipinski definition) is 1. The zero-order valence-corrected chi connectivity index (χ0v) is 14.0. The van der Waals surface area contributed by atoms with E-state index < -0.39 is 0 Å². The second kappa shape index (κ2) is 7.92. The fourth-order valence-electron chi connectivity index (χ4n) is 3.18. The van der Waals surface area contributed by atoms with Crippen LogP contribution in [0.5, 0.6) is 0 Å². The average Bonchev–Trinajstić information content (AvgIpc) is 2.51. The molecule has 3 nitrogen and oxygen atoms in total. The summed E-state index contributed by atoms with van der Waals surface area (Å²) in [5, 5.41) is 3.75. The fourth-order valence-corrected chi connectivity index (χ4v) is 3.18. The van der Waals surface area contributed by atoms with Gasteiger partial charge in [0.05, 0.1) is 0 Å². The van der Waals surface area contributed by atoms with Crippen LogP contribution in [0.3, 0.4) is 0 Å². The van der Waals surface area contributed by atoms with Gasteiger partial charge in [0.1, 0.15) is 0 Å². The monoisotopic (exact) mass is 289 g/mol. The lowest BCUT2D eigenvalue weighted by Crippen LogP contribution is -2.55. The SMILES string of the molecule is CCCNC(c1ccccc1)C(C)N1CCN(C)C(C)C1. The zero-order chi connectivity index (χ0) is 15.2. The predicted octanol–water partition coefficient (Wildman–Crippen LogP) is 2.75. The molecule has 0 aromatic heterocycles. The molecular formula is C18H31N3. The van der Waals surface area contributed by atoms with Crippen LogP contribution in [0, 0.1) is 0 Å². The summed E-state index contributed by atoms with van der Waals surface area (Å²) in [6.45, 7) is 11.5. The van der Waals surface area contributed by atoms with Crippen LogP contribution in [0.2, 0.25) is 0 Å². The molecule has 21 heavy (non-hydrogen) atoms. The predicted molar refractivity (Wildman–Crippen MR) is 90.6 cm³/mol. The summed E-state index contributed by atoms with van der Waals surface area (Å²) in [7, 11) is 2.23. The highest BCUT2D eigenvalue weighted by atomic mass is 15.3. The molecule has 2 rings (SSSR count). The van der Waals surface area contributed by atoms with Gasteiger partial charge in [0.15, 0.2) is 0 Å². The molecule has 1 N–H and O–H groups in total. The molecule has 3 atom stereocenters. The van der Waals surface area contributed by atoms with E-state index in [-0.39, 0.29) is 0 Å². The first kappa shape index (κ1) is 16.5. The highest BCUT2D eigenvalue weighted by Gasteiger charge is 2.29. The van der Waals surface area contributed by atoms with Gasteiger partial charge in [0.25, 0.3) is 0 Å². The van der Waals surface area contributed by atoms with Crippen LogP contribution in [0.15, 0.2) is 30.3 Å². The van der Waals surface area contributed by atoms with Crippen LogP contribution in [0.25, 0.3) is 0 Å². The molecule has 0 saturated carbocycles. The first-order valence-corrected chi connectivity index (χ1v) is 8.36. The Morgan fingerprint density at radius 2 is 1.95 bits per heavy atom. The zero-order valence-electron chi connectivity index (χ0n) is 14.0. The molecule has 1 saturated heterocycles. The molecule has 0 spiro atoms. The molecule has 3 heteroatoms. The van der Waals surface area contributed by atoms with Crippen molar-refractivity contribution in [3.05, 3.63) is 35.9 Å². The minimum Gasteiger partial charge on any atom is -0.309 e. The van der Waals surface area contributed by atoms with E-state index in [1.54, 1.807) is 0 Å². The fraction of sp³-hybridized carbons (Fsp3) is 0.667. The molecule has 1 heterocycles. The molecule has 118 valence electrons. The topological polar surface area (TPSA) is 18.5 Å². The van der Waals surface area contributed by atoms with E-state index in [1.807, 2.05) is 0 Å². The van der Waals surface area contributed by atoms with Crippen LogP contribution in [-0.4, -0.2) is 55.1 Å². The summed E-state index contributed by atoms with van der Waals surface area (Å²) in [4.78, 5) is 5.10. The van der Waals surface area contributed by atoms with E-state index in [4.69, 9.17) is 0 Å². The van der Waals surface area contributed by atoms with Crippen molar-refractivity contribution in [3.63, 3.8) is 0 Å². The van der Waals surface area contributed by atoms with Crippen LogP contribution in [-0.2, 0) is 0 Å². The van der Waals surface area contributed by atoms with Gasteiger partial charge in [0.2, 0.25) is 0 Å². The molecule has 0 amide bonds. The van der Waals surface area contributed by atoms with Crippen molar-refractivity contribution in [1.82, 2.24) is 15.1 Å². The molecule has 1 aliphatic rings. The number of likely N-dealkylation sites (N-methyl/N-ethyl adjacent to an activating group) is 1. The summed E-state index contributed by atoms with van der Waals surface area (Å²) < 4.78 is 0. The summed E-state index contributed by atoms with van der Waals surface area (Å²) in [5.74, 6) is 0. The van der Waals surface area contributed by atoms with Crippen LogP contribution in [0.1, 0.15) is 38.8 Å². The Kier molecular flexibility index (Phi) is 6.22. The third-order valence-electron chi connectivity index (χ3n) is 4.82. The van der Waals surface area contributed by atoms with Gasteiger partial charge in [-0.25, -0.2) is 0 Å². The Hall–Kier alpha value is -0.900. The van der Waals surface area contributed by atoms with Crippen molar-refractivity contribution in [3.8, 4) is 0 Å². The van der Waals surface area contributed by atoms with E-state index >= 15 is 0 Å². The van der Waals surface area contributed by atoms with Crippen LogP contribution >= 0.6 is 0 Å². The van der Waals surface area contributed by atoms with Crippen molar-refractivity contribution >= 4 is 0 Å². The maximum Gasteiger partial charge on any atom is 0.0475 e. The molecule has 1 aromatic carbocycles. The Morgan fingerprint density at radius 3 is 2.57 bits per heavy atom. The highest BCUT2D eigenvalue weighted by molar-refractivity contribution is 5.20. The van der Waals surface area contributed by atoms with Crippen molar-refractivity contribution in [2.24, 2.45) is 0 Å². The van der Waals surface area contributed by atoms with E-state index in [1.165, 1.54) is 25.1 Å². The van der Waals surface area contributed by atoms with Gasteiger partial charge in [-0.2, -0.15) is 0 Å². The van der Waals surface area contributed by atoms with Gasteiger partial charge >= 0.3 is 0 Å². The number of nitrogens with zero attached hydrogens (tertiary/aromatic N) is 2. The third-order valence-corrected chi connectivity index (χ3v) is 4.82. The van der Waals surface area contributed by atoms with E-state index in [0.717, 1.165) is 13.1 Å². The number of hydrogen-bond acceptors (Lipinski definition) is 3. The van der Waals surface area contributed by atoms with Gasteiger partial charge in [-0.05, 0) is 39.4 Å². The molecule has 1 aromatic rings. The number of nitrogens with one attached hydrogen (secondary N) is 1. The third kappa shape index (κ3) is 4.29. The number of rotatable bonds is 6. The largest absolute Gasteiger partial charge is 0.309 e. The quantitative estimate of drug-likeness (QED) is 0.869. The van der Waals surface area contributed by atoms with E-state index in [9.17, 15) is 0 Å². The maximum absolute atomic E-state index is 3.75.